The summed E-state index contributed by atoms with van der Waals surface area (Å²) in [5, 5.41) is 3.27. The number of nitrogen functional groups attached to an aromatic ring is 1. The maximum atomic E-state index is 5.85. The van der Waals surface area contributed by atoms with Crippen molar-refractivity contribution < 1.29 is 0 Å². The second-order valence-corrected chi connectivity index (χ2v) is 5.82. The highest BCUT2D eigenvalue weighted by Crippen LogP contribution is 2.29. The fraction of sp³-hybridized carbons (Fsp3) is 0.714. The number of likely N-dealkylation sites (N-methyl/N-ethyl adjacent to an activating group) is 1. The molecule has 0 radical (unpaired) electrons. The first-order valence-electron chi connectivity index (χ1n) is 7.30. The van der Waals surface area contributed by atoms with Crippen molar-refractivity contribution in [3.05, 3.63) is 11.8 Å². The Kier molecular flexibility index (Phi) is 3.55. The zero-order chi connectivity index (χ0) is 13.2. The van der Waals surface area contributed by atoms with E-state index in [4.69, 9.17) is 5.73 Å². The molecular formula is C14H23N5. The Morgan fingerprint density at radius 2 is 2.05 bits per heavy atom. The third-order valence-corrected chi connectivity index (χ3v) is 4.37. The third kappa shape index (κ3) is 2.81. The number of hydrogen-bond donors (Lipinski definition) is 2. The largest absolute Gasteiger partial charge is 0.368 e. The zero-order valence-electron chi connectivity index (χ0n) is 11.6. The van der Waals surface area contributed by atoms with Gasteiger partial charge in [-0.1, -0.05) is 25.7 Å². The van der Waals surface area contributed by atoms with Gasteiger partial charge in [0.05, 0.1) is 0 Å². The van der Waals surface area contributed by atoms with E-state index in [1.165, 1.54) is 25.7 Å². The van der Waals surface area contributed by atoms with Crippen molar-refractivity contribution >= 4 is 11.8 Å². The van der Waals surface area contributed by atoms with E-state index in [0.29, 0.717) is 12.0 Å². The first-order chi connectivity index (χ1) is 9.24. The predicted octanol–water partition coefficient (Wildman–Crippen LogP) is 1.20. The summed E-state index contributed by atoms with van der Waals surface area (Å²) in [6.07, 6.45) is 6.47. The summed E-state index contributed by atoms with van der Waals surface area (Å²) in [5.41, 5.74) is 6.97. The van der Waals surface area contributed by atoms with Crippen LogP contribution in [-0.4, -0.2) is 36.1 Å². The molecule has 3 rings (SSSR count). The van der Waals surface area contributed by atoms with Gasteiger partial charge in [0.1, 0.15) is 5.82 Å². The Bertz CT molecular complexity index is 435. The van der Waals surface area contributed by atoms with Gasteiger partial charge in [-0.25, -0.2) is 4.98 Å². The molecule has 1 aliphatic heterocycles. The Morgan fingerprint density at radius 3 is 2.74 bits per heavy atom. The first-order valence-corrected chi connectivity index (χ1v) is 7.30. The summed E-state index contributed by atoms with van der Waals surface area (Å²) in [4.78, 5) is 11.0. The molecule has 0 aromatic carbocycles. The maximum absolute atomic E-state index is 5.85. The minimum Gasteiger partial charge on any atom is -0.368 e. The average Bonchev–Trinajstić information content (AvgIpc) is 2.79. The van der Waals surface area contributed by atoms with E-state index < -0.39 is 0 Å². The summed E-state index contributed by atoms with van der Waals surface area (Å²) in [6.45, 7) is 2.02. The summed E-state index contributed by atoms with van der Waals surface area (Å²) < 4.78 is 0. The van der Waals surface area contributed by atoms with Crippen LogP contribution >= 0.6 is 0 Å². The lowest BCUT2D eigenvalue weighted by Gasteiger charge is -2.40. The highest BCUT2D eigenvalue weighted by molar-refractivity contribution is 5.46. The van der Waals surface area contributed by atoms with Crippen molar-refractivity contribution in [2.75, 3.05) is 30.8 Å². The van der Waals surface area contributed by atoms with Crippen molar-refractivity contribution in [1.29, 1.82) is 0 Å². The van der Waals surface area contributed by atoms with Crippen LogP contribution < -0.4 is 16.0 Å². The summed E-state index contributed by atoms with van der Waals surface area (Å²) in [5.74, 6) is 2.20. The topological polar surface area (TPSA) is 67.1 Å². The van der Waals surface area contributed by atoms with Crippen LogP contribution in [0.15, 0.2) is 6.07 Å². The Balaban J connectivity index is 1.69. The molecule has 1 aliphatic carbocycles. The normalized spacial score (nSPS) is 20.8. The molecule has 0 spiro atoms. The van der Waals surface area contributed by atoms with Gasteiger partial charge in [-0.15, -0.1) is 0 Å². The zero-order valence-corrected chi connectivity index (χ0v) is 11.6. The van der Waals surface area contributed by atoms with E-state index in [2.05, 4.69) is 26.3 Å². The number of nitrogens with one attached hydrogen (secondary N) is 1. The fourth-order valence-corrected chi connectivity index (χ4v) is 3.13. The predicted molar refractivity (Wildman–Crippen MR) is 77.2 cm³/mol. The molecule has 2 heterocycles. The van der Waals surface area contributed by atoms with Crippen molar-refractivity contribution in [3.8, 4) is 0 Å². The minimum absolute atomic E-state index is 0.415. The van der Waals surface area contributed by atoms with Gasteiger partial charge in [-0.3, -0.25) is 0 Å². The summed E-state index contributed by atoms with van der Waals surface area (Å²) >= 11 is 0. The smallest absolute Gasteiger partial charge is 0.222 e. The van der Waals surface area contributed by atoms with E-state index in [0.717, 1.165) is 36.9 Å². The van der Waals surface area contributed by atoms with Gasteiger partial charge in [-0.2, -0.15) is 4.98 Å². The second-order valence-electron chi connectivity index (χ2n) is 5.82. The number of nitrogens with two attached hydrogens (primary N) is 1. The van der Waals surface area contributed by atoms with Gasteiger partial charge in [-0.05, 0) is 19.4 Å². The van der Waals surface area contributed by atoms with Crippen molar-refractivity contribution in [3.63, 3.8) is 0 Å². The van der Waals surface area contributed by atoms with E-state index in [9.17, 15) is 0 Å². The monoisotopic (exact) mass is 261 g/mol. The molecule has 0 bridgehead atoms. The quantitative estimate of drug-likeness (QED) is 0.852. The molecule has 1 saturated carbocycles. The molecule has 1 aromatic heterocycles. The van der Waals surface area contributed by atoms with Crippen LogP contribution in [0.5, 0.6) is 0 Å². The third-order valence-electron chi connectivity index (χ3n) is 4.37. The second kappa shape index (κ2) is 5.33. The van der Waals surface area contributed by atoms with Gasteiger partial charge in [0, 0.05) is 30.9 Å². The van der Waals surface area contributed by atoms with Gasteiger partial charge in [0.25, 0.3) is 0 Å². The Hall–Kier alpha value is -1.36. The van der Waals surface area contributed by atoms with Crippen molar-refractivity contribution in [2.24, 2.45) is 5.92 Å². The van der Waals surface area contributed by atoms with Gasteiger partial charge in [0.2, 0.25) is 5.95 Å². The Morgan fingerprint density at radius 1 is 1.32 bits per heavy atom. The average molecular weight is 261 g/mol. The highest BCUT2D eigenvalue weighted by Gasteiger charge is 2.27. The van der Waals surface area contributed by atoms with Crippen LogP contribution in [0.3, 0.4) is 0 Å². The van der Waals surface area contributed by atoms with Crippen LogP contribution in [0, 0.1) is 5.92 Å². The summed E-state index contributed by atoms with van der Waals surface area (Å²) in [7, 11) is 2.00. The van der Waals surface area contributed by atoms with E-state index in [1.807, 2.05) is 7.05 Å². The lowest BCUT2D eigenvalue weighted by Crippen LogP contribution is -2.57. The van der Waals surface area contributed by atoms with Crippen molar-refractivity contribution in [2.45, 2.75) is 38.1 Å². The van der Waals surface area contributed by atoms with Gasteiger partial charge in [0.15, 0.2) is 0 Å². The number of aromatic nitrogens is 2. The molecule has 1 saturated heterocycles. The van der Waals surface area contributed by atoms with E-state index in [1.54, 1.807) is 0 Å². The SMILES string of the molecule is CNC1CN(c2cc(CC3CCCC3)nc(N)n2)C1. The lowest BCUT2D eigenvalue weighted by molar-refractivity contribution is 0.446. The van der Waals surface area contributed by atoms with Crippen molar-refractivity contribution in [1.82, 2.24) is 15.3 Å². The first kappa shape index (κ1) is 12.7. The fourth-order valence-electron chi connectivity index (χ4n) is 3.13. The molecule has 5 nitrogen and oxygen atoms in total. The minimum atomic E-state index is 0.415. The van der Waals surface area contributed by atoms with E-state index in [-0.39, 0.29) is 0 Å². The van der Waals surface area contributed by atoms with Crippen LogP contribution in [0.4, 0.5) is 11.8 Å². The number of hydrogen-bond acceptors (Lipinski definition) is 5. The molecule has 19 heavy (non-hydrogen) atoms. The van der Waals surface area contributed by atoms with Crippen LogP contribution in [0.1, 0.15) is 31.4 Å². The van der Waals surface area contributed by atoms with Crippen LogP contribution in [-0.2, 0) is 6.42 Å². The van der Waals surface area contributed by atoms with E-state index >= 15 is 0 Å². The molecule has 0 atom stereocenters. The standard InChI is InChI=1S/C14H23N5/c1-16-12-8-19(9-12)13-7-11(17-14(15)18-13)6-10-4-2-3-5-10/h7,10,12,16H,2-6,8-9H2,1H3,(H2,15,17,18). The van der Waals surface area contributed by atoms with Crippen LogP contribution in [0.2, 0.25) is 0 Å². The van der Waals surface area contributed by atoms with Gasteiger partial charge >= 0.3 is 0 Å². The number of rotatable bonds is 4. The molecular weight excluding hydrogens is 238 g/mol. The van der Waals surface area contributed by atoms with Crippen LogP contribution in [0.25, 0.3) is 0 Å². The maximum Gasteiger partial charge on any atom is 0.222 e. The Labute approximate surface area is 114 Å². The molecule has 5 heteroatoms. The molecule has 3 N–H and O–H groups in total. The molecule has 2 aliphatic rings. The molecule has 104 valence electrons. The molecule has 2 fully saturated rings. The highest BCUT2D eigenvalue weighted by atomic mass is 15.3. The molecule has 0 amide bonds. The summed E-state index contributed by atoms with van der Waals surface area (Å²) in [6, 6.07) is 2.70. The molecule has 0 unspecified atom stereocenters. The number of anilines is 2. The lowest BCUT2D eigenvalue weighted by atomic mass is 10.0. The van der Waals surface area contributed by atoms with Gasteiger partial charge < -0.3 is 16.0 Å². The molecule has 1 aromatic rings. The number of nitrogens with zero attached hydrogens (tertiary/aromatic N) is 3.